The van der Waals surface area contributed by atoms with Crippen molar-refractivity contribution < 1.29 is 0 Å². The summed E-state index contributed by atoms with van der Waals surface area (Å²) >= 11 is 0. The first kappa shape index (κ1) is 30.3. The Morgan fingerprint density at radius 3 is 1.87 bits per heavy atom. The third-order valence-electron chi connectivity index (χ3n) is 10.8. The zero-order valence-corrected chi connectivity index (χ0v) is 29.1. The fourth-order valence-electron chi connectivity index (χ4n) is 8.24. The standard InChI is InChI=1S/C49H35N3/c1-49(2)41-22-11-9-21-40(41)46-42(49)29-28-39-38-20-10-12-23-45(38)52(47(39)46)37-26-24-34(25-27-37)48-50-43(33-16-7-4-8-17-33)31-44(51-48)36-19-13-18-35(30-36)32-14-5-3-6-15-32/h3-31H,1-2H3. The molecule has 0 radical (unpaired) electrons. The van der Waals surface area contributed by atoms with Crippen LogP contribution in [0.3, 0.4) is 0 Å². The number of hydrogen-bond donors (Lipinski definition) is 0. The van der Waals surface area contributed by atoms with Gasteiger partial charge in [0, 0.05) is 44.1 Å². The number of rotatable bonds is 5. The van der Waals surface area contributed by atoms with E-state index in [1.54, 1.807) is 0 Å². The Morgan fingerprint density at radius 2 is 1.08 bits per heavy atom. The average Bonchev–Trinajstić information content (AvgIpc) is 3.67. The molecule has 1 aliphatic carbocycles. The molecule has 1 aliphatic rings. The van der Waals surface area contributed by atoms with E-state index < -0.39 is 0 Å². The minimum absolute atomic E-state index is 0.0787. The van der Waals surface area contributed by atoms with Crippen molar-refractivity contribution in [3.63, 3.8) is 0 Å². The monoisotopic (exact) mass is 665 g/mol. The second kappa shape index (κ2) is 11.8. The topological polar surface area (TPSA) is 30.7 Å². The highest BCUT2D eigenvalue weighted by molar-refractivity contribution is 6.15. The molecule has 52 heavy (non-hydrogen) atoms. The zero-order valence-electron chi connectivity index (χ0n) is 29.1. The lowest BCUT2D eigenvalue weighted by molar-refractivity contribution is 0.661. The molecule has 0 unspecified atom stereocenters. The molecule has 0 aliphatic heterocycles. The predicted octanol–water partition coefficient (Wildman–Crippen LogP) is 12.5. The van der Waals surface area contributed by atoms with Crippen molar-refractivity contribution >= 4 is 21.8 Å². The quantitative estimate of drug-likeness (QED) is 0.183. The van der Waals surface area contributed by atoms with Gasteiger partial charge in [0.1, 0.15) is 0 Å². The highest BCUT2D eigenvalue weighted by atomic mass is 15.0. The Bertz CT molecular complexity index is 2790. The Balaban J connectivity index is 1.14. The van der Waals surface area contributed by atoms with Crippen LogP contribution in [0.2, 0.25) is 0 Å². The van der Waals surface area contributed by atoms with Gasteiger partial charge in [-0.15, -0.1) is 0 Å². The summed E-state index contributed by atoms with van der Waals surface area (Å²) in [4.78, 5) is 10.3. The summed E-state index contributed by atoms with van der Waals surface area (Å²) < 4.78 is 2.45. The summed E-state index contributed by atoms with van der Waals surface area (Å²) in [5, 5.41) is 2.53. The summed E-state index contributed by atoms with van der Waals surface area (Å²) in [5.74, 6) is 0.701. The number of para-hydroxylation sites is 1. The molecule has 246 valence electrons. The van der Waals surface area contributed by atoms with Crippen LogP contribution in [0, 0.1) is 0 Å². The SMILES string of the molecule is CC1(C)c2ccccc2-c2c1ccc1c3ccccc3n(-c3ccc(-c4nc(-c5ccccc5)cc(-c5cccc(-c6ccccc6)c5)n4)cc3)c21. The Morgan fingerprint density at radius 1 is 0.442 bits per heavy atom. The molecule has 0 N–H and O–H groups in total. The van der Waals surface area contributed by atoms with Gasteiger partial charge in [0.2, 0.25) is 0 Å². The van der Waals surface area contributed by atoms with E-state index in [1.165, 1.54) is 49.6 Å². The highest BCUT2D eigenvalue weighted by Crippen LogP contribution is 2.52. The maximum absolute atomic E-state index is 5.20. The van der Waals surface area contributed by atoms with Crippen LogP contribution in [0.5, 0.6) is 0 Å². The molecule has 0 saturated heterocycles. The first-order valence-corrected chi connectivity index (χ1v) is 17.9. The van der Waals surface area contributed by atoms with Gasteiger partial charge in [-0.25, -0.2) is 9.97 Å². The van der Waals surface area contributed by atoms with Crippen molar-refractivity contribution in [3.8, 4) is 61.8 Å². The molecule has 2 heterocycles. The van der Waals surface area contributed by atoms with E-state index in [2.05, 4.69) is 188 Å². The van der Waals surface area contributed by atoms with Gasteiger partial charge < -0.3 is 4.57 Å². The average molecular weight is 666 g/mol. The van der Waals surface area contributed by atoms with Gasteiger partial charge in [-0.2, -0.15) is 0 Å². The van der Waals surface area contributed by atoms with Gasteiger partial charge >= 0.3 is 0 Å². The van der Waals surface area contributed by atoms with Crippen LogP contribution in [-0.4, -0.2) is 14.5 Å². The first-order chi connectivity index (χ1) is 25.5. The van der Waals surface area contributed by atoms with Gasteiger partial charge in [0.15, 0.2) is 5.82 Å². The molecule has 0 bridgehead atoms. The van der Waals surface area contributed by atoms with Crippen molar-refractivity contribution in [1.29, 1.82) is 0 Å². The van der Waals surface area contributed by atoms with Gasteiger partial charge in [0.25, 0.3) is 0 Å². The molecular weight excluding hydrogens is 631 g/mol. The van der Waals surface area contributed by atoms with E-state index in [1.807, 2.05) is 6.07 Å². The number of nitrogens with zero attached hydrogens (tertiary/aromatic N) is 3. The van der Waals surface area contributed by atoms with Crippen molar-refractivity contribution in [2.24, 2.45) is 0 Å². The van der Waals surface area contributed by atoms with Gasteiger partial charge in [-0.05, 0) is 70.3 Å². The summed E-state index contributed by atoms with van der Waals surface area (Å²) in [5.41, 5.74) is 16.1. The maximum atomic E-state index is 5.20. The van der Waals surface area contributed by atoms with E-state index in [4.69, 9.17) is 9.97 Å². The lowest BCUT2D eigenvalue weighted by atomic mass is 9.82. The maximum Gasteiger partial charge on any atom is 0.160 e. The van der Waals surface area contributed by atoms with Crippen molar-refractivity contribution in [1.82, 2.24) is 14.5 Å². The van der Waals surface area contributed by atoms with E-state index in [9.17, 15) is 0 Å². The molecule has 2 aromatic heterocycles. The smallest absolute Gasteiger partial charge is 0.160 e. The highest BCUT2D eigenvalue weighted by Gasteiger charge is 2.37. The third kappa shape index (κ3) is 4.74. The minimum atomic E-state index is -0.0787. The molecule has 0 saturated carbocycles. The van der Waals surface area contributed by atoms with Gasteiger partial charge in [0.05, 0.1) is 22.4 Å². The Kier molecular flexibility index (Phi) is 6.84. The molecular formula is C49H35N3. The summed E-state index contributed by atoms with van der Waals surface area (Å²) in [6, 6.07) is 62.8. The van der Waals surface area contributed by atoms with Crippen molar-refractivity contribution in [2.45, 2.75) is 19.3 Å². The van der Waals surface area contributed by atoms with Gasteiger partial charge in [-0.1, -0.05) is 147 Å². The molecule has 0 fully saturated rings. The Hall–Kier alpha value is -6.58. The summed E-state index contributed by atoms with van der Waals surface area (Å²) in [6.07, 6.45) is 0. The molecule has 0 atom stereocenters. The predicted molar refractivity (Wildman–Crippen MR) is 216 cm³/mol. The molecule has 9 aromatic rings. The van der Waals surface area contributed by atoms with Gasteiger partial charge in [-0.3, -0.25) is 0 Å². The third-order valence-corrected chi connectivity index (χ3v) is 10.8. The zero-order chi connectivity index (χ0) is 34.8. The lowest BCUT2D eigenvalue weighted by Gasteiger charge is -2.21. The lowest BCUT2D eigenvalue weighted by Crippen LogP contribution is -2.14. The first-order valence-electron chi connectivity index (χ1n) is 17.9. The van der Waals surface area contributed by atoms with Crippen LogP contribution in [-0.2, 0) is 5.41 Å². The van der Waals surface area contributed by atoms with Crippen LogP contribution in [0.15, 0.2) is 176 Å². The Labute approximate surface area is 303 Å². The fourth-order valence-corrected chi connectivity index (χ4v) is 8.24. The van der Waals surface area contributed by atoms with Crippen LogP contribution in [0.25, 0.3) is 83.6 Å². The van der Waals surface area contributed by atoms with Crippen LogP contribution in [0.1, 0.15) is 25.0 Å². The second-order valence-electron chi connectivity index (χ2n) is 14.2. The molecule has 3 nitrogen and oxygen atoms in total. The minimum Gasteiger partial charge on any atom is -0.309 e. The fraction of sp³-hybridized carbons (Fsp3) is 0.0612. The number of hydrogen-bond acceptors (Lipinski definition) is 2. The summed E-state index contributed by atoms with van der Waals surface area (Å²) in [7, 11) is 0. The van der Waals surface area contributed by atoms with E-state index in [0.717, 1.165) is 39.3 Å². The molecule has 10 rings (SSSR count). The summed E-state index contributed by atoms with van der Waals surface area (Å²) in [6.45, 7) is 4.70. The molecule has 0 amide bonds. The van der Waals surface area contributed by atoms with Crippen molar-refractivity contribution in [2.75, 3.05) is 0 Å². The number of aromatic nitrogens is 3. The van der Waals surface area contributed by atoms with E-state index >= 15 is 0 Å². The van der Waals surface area contributed by atoms with E-state index in [-0.39, 0.29) is 5.41 Å². The largest absolute Gasteiger partial charge is 0.309 e. The molecule has 3 heteroatoms. The van der Waals surface area contributed by atoms with Crippen LogP contribution >= 0.6 is 0 Å². The van der Waals surface area contributed by atoms with Crippen LogP contribution < -0.4 is 0 Å². The number of fused-ring (bicyclic) bond motifs is 7. The second-order valence-corrected chi connectivity index (χ2v) is 14.2. The molecule has 0 spiro atoms. The van der Waals surface area contributed by atoms with Crippen molar-refractivity contribution in [3.05, 3.63) is 187 Å². The van der Waals surface area contributed by atoms with Crippen LogP contribution in [0.4, 0.5) is 0 Å². The normalized spacial score (nSPS) is 13.0. The van der Waals surface area contributed by atoms with E-state index in [0.29, 0.717) is 5.82 Å². The number of benzene rings is 7. The molecule has 7 aromatic carbocycles.